The van der Waals surface area contributed by atoms with Crippen molar-refractivity contribution in [1.29, 1.82) is 0 Å². The second-order valence-corrected chi connectivity index (χ2v) is 5.67. The average Bonchev–Trinajstić information content (AvgIpc) is 2.61. The third kappa shape index (κ3) is 3.33. The molecule has 0 spiro atoms. The first-order chi connectivity index (χ1) is 8.70. The smallest absolute Gasteiger partial charge is 0.320 e. The molecule has 1 atom stereocenters. The summed E-state index contributed by atoms with van der Waals surface area (Å²) in [7, 11) is 1.43. The van der Waals surface area contributed by atoms with Crippen LogP contribution in [0.3, 0.4) is 0 Å². The van der Waals surface area contributed by atoms with Gasteiger partial charge >= 0.3 is 5.97 Å². The highest BCUT2D eigenvalue weighted by Gasteiger charge is 2.21. The van der Waals surface area contributed by atoms with Gasteiger partial charge in [-0.15, -0.1) is 0 Å². The first-order valence-electron chi connectivity index (χ1n) is 6.21. The van der Waals surface area contributed by atoms with E-state index in [9.17, 15) is 4.79 Å². The highest BCUT2D eigenvalue weighted by Crippen LogP contribution is 2.16. The number of ether oxygens (including phenoxy) is 1. The topological polar surface area (TPSA) is 29.5 Å². The van der Waals surface area contributed by atoms with Crippen molar-refractivity contribution in [2.24, 2.45) is 0 Å². The lowest BCUT2D eigenvalue weighted by Gasteiger charge is -2.21. The highest BCUT2D eigenvalue weighted by atomic mass is 79.9. The van der Waals surface area contributed by atoms with E-state index in [1.54, 1.807) is 0 Å². The molecule has 98 valence electrons. The molecule has 18 heavy (non-hydrogen) atoms. The molecule has 0 amide bonds. The maximum Gasteiger partial charge on any atom is 0.320 e. The van der Waals surface area contributed by atoms with E-state index >= 15 is 0 Å². The molecule has 1 aromatic carbocycles. The van der Waals surface area contributed by atoms with E-state index in [0.29, 0.717) is 6.54 Å². The van der Waals surface area contributed by atoms with E-state index in [0.717, 1.165) is 25.9 Å². The van der Waals surface area contributed by atoms with Gasteiger partial charge in [-0.25, -0.2) is 0 Å². The fourth-order valence-electron chi connectivity index (χ4n) is 2.33. The Balaban J connectivity index is 1.94. The Morgan fingerprint density at radius 3 is 2.39 bits per heavy atom. The minimum absolute atomic E-state index is 0.197. The number of esters is 1. The fraction of sp³-hybridized carbons (Fsp3) is 0.500. The summed E-state index contributed by atoms with van der Waals surface area (Å²) in [4.78, 5) is 13.5. The Kier molecular flexibility index (Phi) is 4.78. The first-order valence-corrected chi connectivity index (χ1v) is 7.13. The summed E-state index contributed by atoms with van der Waals surface area (Å²) in [5.74, 6) is -0.197. The van der Waals surface area contributed by atoms with Crippen LogP contribution in [0.1, 0.15) is 11.1 Å². The van der Waals surface area contributed by atoms with Crippen LogP contribution in [0.2, 0.25) is 0 Å². The van der Waals surface area contributed by atoms with E-state index in [4.69, 9.17) is 4.74 Å². The SMILES string of the molecule is COC(=O)C(Br)CN1CCc2ccccc2CC1. The summed E-state index contributed by atoms with van der Waals surface area (Å²) in [5, 5.41) is 0. The standard InChI is InChI=1S/C14H18BrNO2/c1-18-14(17)13(15)10-16-8-6-11-4-2-3-5-12(11)7-9-16/h2-5,13H,6-10H2,1H3. The predicted octanol–water partition coefficient (Wildman–Crippen LogP) is 2.02. The Morgan fingerprint density at radius 2 is 1.89 bits per heavy atom. The van der Waals surface area contributed by atoms with Gasteiger partial charge in [0.15, 0.2) is 0 Å². The molecule has 1 heterocycles. The molecule has 2 rings (SSSR count). The van der Waals surface area contributed by atoms with E-state index in [-0.39, 0.29) is 10.8 Å². The Bertz CT molecular complexity index is 395. The van der Waals surface area contributed by atoms with Gasteiger partial charge in [-0.3, -0.25) is 4.79 Å². The second-order valence-electron chi connectivity index (χ2n) is 4.56. The number of benzene rings is 1. The van der Waals surface area contributed by atoms with Gasteiger partial charge < -0.3 is 9.64 Å². The number of nitrogens with zero attached hydrogens (tertiary/aromatic N) is 1. The van der Waals surface area contributed by atoms with Crippen LogP contribution in [-0.2, 0) is 22.4 Å². The van der Waals surface area contributed by atoms with Gasteiger partial charge in [0.05, 0.1) is 7.11 Å². The Hall–Kier alpha value is -0.870. The average molecular weight is 312 g/mol. The lowest BCUT2D eigenvalue weighted by Crippen LogP contribution is -2.35. The van der Waals surface area contributed by atoms with Crippen molar-refractivity contribution in [3.63, 3.8) is 0 Å². The molecule has 0 fully saturated rings. The van der Waals surface area contributed by atoms with Crippen LogP contribution in [-0.4, -0.2) is 42.4 Å². The molecule has 1 unspecified atom stereocenters. The van der Waals surface area contributed by atoms with Crippen LogP contribution in [0.4, 0.5) is 0 Å². The summed E-state index contributed by atoms with van der Waals surface area (Å²) in [6.45, 7) is 2.70. The maximum absolute atomic E-state index is 11.4. The quantitative estimate of drug-likeness (QED) is 0.632. The van der Waals surface area contributed by atoms with Gasteiger partial charge in [-0.05, 0) is 24.0 Å². The van der Waals surface area contributed by atoms with Crippen LogP contribution in [0.25, 0.3) is 0 Å². The molecule has 0 saturated carbocycles. The maximum atomic E-state index is 11.4. The predicted molar refractivity (Wildman–Crippen MR) is 75.0 cm³/mol. The lowest BCUT2D eigenvalue weighted by molar-refractivity contribution is -0.140. The zero-order valence-electron chi connectivity index (χ0n) is 10.6. The van der Waals surface area contributed by atoms with Crippen molar-refractivity contribution in [1.82, 2.24) is 4.90 Å². The Labute approximate surface area is 116 Å². The number of carbonyl (C=O) groups excluding carboxylic acids is 1. The second kappa shape index (κ2) is 6.34. The van der Waals surface area contributed by atoms with Crippen LogP contribution in [0.15, 0.2) is 24.3 Å². The number of carbonyl (C=O) groups is 1. The minimum atomic E-state index is -0.233. The normalized spacial score (nSPS) is 17.7. The molecule has 0 aliphatic carbocycles. The summed E-state index contributed by atoms with van der Waals surface area (Å²) in [5.41, 5.74) is 2.87. The molecule has 1 aliphatic heterocycles. The fourth-order valence-corrected chi connectivity index (χ4v) is 2.92. The van der Waals surface area contributed by atoms with Gasteiger partial charge in [-0.2, -0.15) is 0 Å². The van der Waals surface area contributed by atoms with Crippen LogP contribution < -0.4 is 0 Å². The number of hydrogen-bond acceptors (Lipinski definition) is 3. The molecule has 3 nitrogen and oxygen atoms in total. The number of alkyl halides is 1. The van der Waals surface area contributed by atoms with Gasteiger partial charge in [0.1, 0.15) is 4.83 Å². The molecule has 0 aromatic heterocycles. The summed E-state index contributed by atoms with van der Waals surface area (Å²) >= 11 is 3.38. The van der Waals surface area contributed by atoms with Gasteiger partial charge in [-0.1, -0.05) is 40.2 Å². The van der Waals surface area contributed by atoms with E-state index < -0.39 is 0 Å². The zero-order chi connectivity index (χ0) is 13.0. The monoisotopic (exact) mass is 311 g/mol. The van der Waals surface area contributed by atoms with Crippen LogP contribution in [0.5, 0.6) is 0 Å². The minimum Gasteiger partial charge on any atom is -0.468 e. The number of methoxy groups -OCH3 is 1. The third-order valence-electron chi connectivity index (χ3n) is 3.39. The first kappa shape index (κ1) is 13.6. The molecule has 0 bridgehead atoms. The van der Waals surface area contributed by atoms with Crippen molar-refractivity contribution in [3.8, 4) is 0 Å². The molecular weight excluding hydrogens is 294 g/mol. The zero-order valence-corrected chi connectivity index (χ0v) is 12.1. The largest absolute Gasteiger partial charge is 0.468 e. The van der Waals surface area contributed by atoms with E-state index in [1.165, 1.54) is 18.2 Å². The highest BCUT2D eigenvalue weighted by molar-refractivity contribution is 9.10. The van der Waals surface area contributed by atoms with Crippen molar-refractivity contribution in [2.75, 3.05) is 26.7 Å². The molecule has 1 aromatic rings. The number of rotatable bonds is 3. The van der Waals surface area contributed by atoms with Crippen molar-refractivity contribution in [2.45, 2.75) is 17.7 Å². The molecule has 0 radical (unpaired) electrons. The van der Waals surface area contributed by atoms with Crippen molar-refractivity contribution in [3.05, 3.63) is 35.4 Å². The van der Waals surface area contributed by atoms with Gasteiger partial charge in [0, 0.05) is 19.6 Å². The van der Waals surface area contributed by atoms with Crippen molar-refractivity contribution >= 4 is 21.9 Å². The summed E-state index contributed by atoms with van der Waals surface area (Å²) < 4.78 is 4.73. The Morgan fingerprint density at radius 1 is 1.33 bits per heavy atom. The molecule has 0 saturated heterocycles. The number of fused-ring (bicyclic) bond motifs is 1. The molecule has 1 aliphatic rings. The number of halogens is 1. The molecule has 0 N–H and O–H groups in total. The van der Waals surface area contributed by atoms with Crippen LogP contribution in [0, 0.1) is 0 Å². The van der Waals surface area contributed by atoms with Gasteiger partial charge in [0.2, 0.25) is 0 Å². The van der Waals surface area contributed by atoms with Crippen LogP contribution >= 0.6 is 15.9 Å². The molecule has 4 heteroatoms. The van der Waals surface area contributed by atoms with Gasteiger partial charge in [0.25, 0.3) is 0 Å². The lowest BCUT2D eigenvalue weighted by atomic mass is 10.0. The molecular formula is C14H18BrNO2. The van der Waals surface area contributed by atoms with Crippen molar-refractivity contribution < 1.29 is 9.53 Å². The summed E-state index contributed by atoms with van der Waals surface area (Å²) in [6.07, 6.45) is 2.11. The van der Waals surface area contributed by atoms with E-state index in [1.807, 2.05) is 0 Å². The summed E-state index contributed by atoms with van der Waals surface area (Å²) in [6, 6.07) is 8.59. The third-order valence-corrected chi connectivity index (χ3v) is 4.05. The van der Waals surface area contributed by atoms with E-state index in [2.05, 4.69) is 45.1 Å². The number of hydrogen-bond donors (Lipinski definition) is 0.